The van der Waals surface area contributed by atoms with Crippen LogP contribution in [-0.4, -0.2) is 0 Å². The van der Waals surface area contributed by atoms with Gasteiger partial charge in [-0.15, -0.1) is 0 Å². The van der Waals surface area contributed by atoms with Crippen molar-refractivity contribution in [1.29, 1.82) is 5.26 Å². The summed E-state index contributed by atoms with van der Waals surface area (Å²) in [5, 5.41) is 12.8. The maximum absolute atomic E-state index is 8.79. The molecule has 0 aliphatic rings. The predicted molar refractivity (Wildman–Crippen MR) is 69.9 cm³/mol. The molecule has 2 nitrogen and oxygen atoms in total. The van der Waals surface area contributed by atoms with E-state index in [-0.39, 0.29) is 0 Å². The number of anilines is 1. The van der Waals surface area contributed by atoms with Crippen LogP contribution in [0.4, 0.5) is 5.69 Å². The molecule has 17 heavy (non-hydrogen) atoms. The molecule has 84 valence electrons. The van der Waals surface area contributed by atoms with Crippen molar-refractivity contribution in [3.63, 3.8) is 0 Å². The SMILES string of the molecule is N#Cc1cccc(NCc2ccc(Cl)cc2)c1. The van der Waals surface area contributed by atoms with Crippen LogP contribution in [0.25, 0.3) is 0 Å². The van der Waals surface area contributed by atoms with Crippen LogP contribution in [0.1, 0.15) is 11.1 Å². The smallest absolute Gasteiger partial charge is 0.0992 e. The lowest BCUT2D eigenvalue weighted by Crippen LogP contribution is -1.99. The van der Waals surface area contributed by atoms with Crippen LogP contribution in [0.3, 0.4) is 0 Å². The second-order valence-electron chi connectivity index (χ2n) is 3.67. The molecular formula is C14H11ClN2. The Kier molecular flexibility index (Phi) is 3.64. The van der Waals surface area contributed by atoms with Crippen molar-refractivity contribution in [2.75, 3.05) is 5.32 Å². The summed E-state index contributed by atoms with van der Waals surface area (Å²) >= 11 is 5.81. The Morgan fingerprint density at radius 1 is 1.12 bits per heavy atom. The van der Waals surface area contributed by atoms with Gasteiger partial charge in [-0.05, 0) is 35.9 Å². The number of hydrogen-bond donors (Lipinski definition) is 1. The molecule has 0 amide bonds. The zero-order valence-electron chi connectivity index (χ0n) is 9.15. The third-order valence-corrected chi connectivity index (χ3v) is 2.65. The Hall–Kier alpha value is -1.98. The molecule has 0 unspecified atom stereocenters. The number of benzene rings is 2. The molecule has 0 fully saturated rings. The minimum atomic E-state index is 0.658. The van der Waals surface area contributed by atoms with Gasteiger partial charge in [0.05, 0.1) is 11.6 Å². The van der Waals surface area contributed by atoms with E-state index in [1.165, 1.54) is 0 Å². The fourth-order valence-electron chi connectivity index (χ4n) is 1.51. The fraction of sp³-hybridized carbons (Fsp3) is 0.0714. The van der Waals surface area contributed by atoms with E-state index < -0.39 is 0 Å². The van der Waals surface area contributed by atoms with Crippen molar-refractivity contribution in [3.05, 3.63) is 64.7 Å². The van der Waals surface area contributed by atoms with Crippen LogP contribution >= 0.6 is 11.6 Å². The molecule has 0 aromatic heterocycles. The second kappa shape index (κ2) is 5.38. The van der Waals surface area contributed by atoms with Gasteiger partial charge in [-0.3, -0.25) is 0 Å². The standard InChI is InChI=1S/C14H11ClN2/c15-13-6-4-11(5-7-13)10-17-14-3-1-2-12(8-14)9-16/h1-8,17H,10H2. The second-order valence-corrected chi connectivity index (χ2v) is 4.11. The minimum absolute atomic E-state index is 0.658. The largest absolute Gasteiger partial charge is 0.381 e. The van der Waals surface area contributed by atoms with E-state index in [0.717, 1.165) is 16.3 Å². The number of rotatable bonds is 3. The van der Waals surface area contributed by atoms with Gasteiger partial charge in [-0.25, -0.2) is 0 Å². The third-order valence-electron chi connectivity index (χ3n) is 2.40. The minimum Gasteiger partial charge on any atom is -0.381 e. The van der Waals surface area contributed by atoms with Gasteiger partial charge in [0.25, 0.3) is 0 Å². The van der Waals surface area contributed by atoms with E-state index in [2.05, 4.69) is 11.4 Å². The monoisotopic (exact) mass is 242 g/mol. The molecule has 0 aliphatic heterocycles. The van der Waals surface area contributed by atoms with Crippen LogP contribution in [0, 0.1) is 11.3 Å². The molecule has 0 heterocycles. The van der Waals surface area contributed by atoms with Gasteiger partial charge in [-0.2, -0.15) is 5.26 Å². The summed E-state index contributed by atoms with van der Waals surface area (Å²) in [5.74, 6) is 0. The summed E-state index contributed by atoms with van der Waals surface area (Å²) in [4.78, 5) is 0. The molecule has 2 rings (SSSR count). The summed E-state index contributed by atoms with van der Waals surface area (Å²) in [6.45, 7) is 0.714. The lowest BCUT2D eigenvalue weighted by molar-refractivity contribution is 1.15. The summed E-state index contributed by atoms with van der Waals surface area (Å²) < 4.78 is 0. The summed E-state index contributed by atoms with van der Waals surface area (Å²) in [5.41, 5.74) is 2.75. The Morgan fingerprint density at radius 2 is 1.88 bits per heavy atom. The molecule has 0 bridgehead atoms. The van der Waals surface area contributed by atoms with E-state index in [0.29, 0.717) is 12.1 Å². The van der Waals surface area contributed by atoms with E-state index in [1.54, 1.807) is 6.07 Å². The third kappa shape index (κ3) is 3.24. The lowest BCUT2D eigenvalue weighted by atomic mass is 10.2. The van der Waals surface area contributed by atoms with Crippen LogP contribution in [-0.2, 0) is 6.54 Å². The number of nitriles is 1. The van der Waals surface area contributed by atoms with Gasteiger partial charge in [-0.1, -0.05) is 29.8 Å². The predicted octanol–water partition coefficient (Wildman–Crippen LogP) is 3.82. The van der Waals surface area contributed by atoms with Crippen molar-refractivity contribution in [2.24, 2.45) is 0 Å². The van der Waals surface area contributed by atoms with Crippen molar-refractivity contribution in [2.45, 2.75) is 6.54 Å². The summed E-state index contributed by atoms with van der Waals surface area (Å²) in [7, 11) is 0. The molecule has 0 aliphatic carbocycles. The molecule has 0 atom stereocenters. The van der Waals surface area contributed by atoms with Crippen LogP contribution in [0.2, 0.25) is 5.02 Å². The first-order valence-corrected chi connectivity index (χ1v) is 5.64. The quantitative estimate of drug-likeness (QED) is 0.888. The van der Waals surface area contributed by atoms with Crippen LogP contribution in [0.15, 0.2) is 48.5 Å². The molecule has 3 heteroatoms. The Morgan fingerprint density at radius 3 is 2.59 bits per heavy atom. The fourth-order valence-corrected chi connectivity index (χ4v) is 1.63. The van der Waals surface area contributed by atoms with E-state index in [4.69, 9.17) is 16.9 Å². The molecule has 0 saturated carbocycles. The zero-order valence-corrected chi connectivity index (χ0v) is 9.91. The summed E-state index contributed by atoms with van der Waals surface area (Å²) in [6.07, 6.45) is 0. The van der Waals surface area contributed by atoms with E-state index in [1.807, 2.05) is 42.5 Å². The molecular weight excluding hydrogens is 232 g/mol. The van der Waals surface area contributed by atoms with Crippen molar-refractivity contribution in [1.82, 2.24) is 0 Å². The average molecular weight is 243 g/mol. The normalized spacial score (nSPS) is 9.65. The number of halogens is 1. The maximum atomic E-state index is 8.79. The molecule has 0 radical (unpaired) electrons. The van der Waals surface area contributed by atoms with Gasteiger partial charge in [0, 0.05) is 17.3 Å². The molecule has 1 N–H and O–H groups in total. The van der Waals surface area contributed by atoms with Crippen LogP contribution < -0.4 is 5.32 Å². The van der Waals surface area contributed by atoms with Crippen molar-refractivity contribution in [3.8, 4) is 6.07 Å². The first-order chi connectivity index (χ1) is 8.28. The highest BCUT2D eigenvalue weighted by Gasteiger charge is 1.96. The molecule has 0 saturated heterocycles. The van der Waals surface area contributed by atoms with Crippen molar-refractivity contribution < 1.29 is 0 Å². The Labute approximate surface area is 105 Å². The highest BCUT2D eigenvalue weighted by molar-refractivity contribution is 6.30. The number of nitrogens with one attached hydrogen (secondary N) is 1. The Balaban J connectivity index is 2.02. The molecule has 2 aromatic carbocycles. The number of hydrogen-bond acceptors (Lipinski definition) is 2. The van der Waals surface area contributed by atoms with E-state index in [9.17, 15) is 0 Å². The zero-order chi connectivity index (χ0) is 12.1. The highest BCUT2D eigenvalue weighted by Crippen LogP contribution is 2.13. The lowest BCUT2D eigenvalue weighted by Gasteiger charge is -2.06. The molecule has 0 spiro atoms. The van der Waals surface area contributed by atoms with Gasteiger partial charge in [0.2, 0.25) is 0 Å². The van der Waals surface area contributed by atoms with E-state index >= 15 is 0 Å². The van der Waals surface area contributed by atoms with Gasteiger partial charge < -0.3 is 5.32 Å². The van der Waals surface area contributed by atoms with Crippen molar-refractivity contribution >= 4 is 17.3 Å². The maximum Gasteiger partial charge on any atom is 0.0992 e. The first kappa shape index (κ1) is 11.5. The Bertz CT molecular complexity index is 541. The van der Waals surface area contributed by atoms with Gasteiger partial charge in [0.1, 0.15) is 0 Å². The van der Waals surface area contributed by atoms with Crippen LogP contribution in [0.5, 0.6) is 0 Å². The highest BCUT2D eigenvalue weighted by atomic mass is 35.5. The summed E-state index contributed by atoms with van der Waals surface area (Å²) in [6, 6.07) is 17.2. The van der Waals surface area contributed by atoms with Gasteiger partial charge in [0.15, 0.2) is 0 Å². The van der Waals surface area contributed by atoms with Gasteiger partial charge >= 0.3 is 0 Å². The first-order valence-electron chi connectivity index (χ1n) is 5.26. The topological polar surface area (TPSA) is 35.8 Å². The average Bonchev–Trinajstić information content (AvgIpc) is 2.38. The molecule has 2 aromatic rings. The number of nitrogens with zero attached hydrogens (tertiary/aromatic N) is 1.